The molecule has 0 saturated heterocycles. The van der Waals surface area contributed by atoms with Crippen LogP contribution in [-0.4, -0.2) is 32.9 Å². The van der Waals surface area contributed by atoms with Crippen LogP contribution in [0, 0.1) is 6.92 Å². The van der Waals surface area contributed by atoms with Crippen molar-refractivity contribution < 1.29 is 19.0 Å². The number of amides is 1. The Morgan fingerprint density at radius 1 is 1.12 bits per heavy atom. The first-order chi connectivity index (χ1) is 12.4. The fourth-order valence-corrected chi connectivity index (χ4v) is 3.75. The minimum Gasteiger partial charge on any atom is -0.493 e. The van der Waals surface area contributed by atoms with E-state index in [1.807, 2.05) is 19.1 Å². The zero-order valence-corrected chi connectivity index (χ0v) is 17.7. The van der Waals surface area contributed by atoms with Crippen molar-refractivity contribution in [1.29, 1.82) is 0 Å². The first kappa shape index (κ1) is 20.3. The summed E-state index contributed by atoms with van der Waals surface area (Å²) in [7, 11) is 3.12. The van der Waals surface area contributed by atoms with Crippen LogP contribution in [-0.2, 0) is 4.79 Å². The average Bonchev–Trinajstić information content (AvgIpc) is 2.60. The maximum Gasteiger partial charge on any atom is 0.277 e. The van der Waals surface area contributed by atoms with Crippen LogP contribution < -0.4 is 19.6 Å². The number of nitrogens with one attached hydrogen (secondary N) is 1. The average molecular weight is 486 g/mol. The number of rotatable bonds is 7. The maximum absolute atomic E-state index is 11.9. The predicted molar refractivity (Wildman–Crippen MR) is 107 cm³/mol. The van der Waals surface area contributed by atoms with Crippen molar-refractivity contribution in [2.24, 2.45) is 5.10 Å². The standard InChI is InChI=1S/C18H18Br2N2O4/c1-11-6-13(19)18(14(20)7-11)26-10-17(23)22-21-9-12-4-5-15(24-2)16(8-12)25-3/h4-9H,10H2,1-3H3,(H,22,23). The highest BCUT2D eigenvalue weighted by Crippen LogP contribution is 2.34. The molecule has 0 bridgehead atoms. The Morgan fingerprint density at radius 2 is 1.77 bits per heavy atom. The van der Waals surface area contributed by atoms with E-state index in [4.69, 9.17) is 14.2 Å². The molecule has 2 aromatic rings. The van der Waals surface area contributed by atoms with Crippen molar-refractivity contribution in [3.63, 3.8) is 0 Å². The molecule has 2 rings (SSSR count). The van der Waals surface area contributed by atoms with Crippen LogP contribution in [0.25, 0.3) is 0 Å². The van der Waals surface area contributed by atoms with E-state index in [-0.39, 0.29) is 12.5 Å². The Balaban J connectivity index is 1.92. The Labute approximate surface area is 168 Å². The number of aryl methyl sites for hydroxylation is 1. The monoisotopic (exact) mass is 484 g/mol. The molecule has 0 radical (unpaired) electrons. The zero-order valence-electron chi connectivity index (χ0n) is 14.5. The minimum absolute atomic E-state index is 0.163. The second kappa shape index (κ2) is 9.59. The topological polar surface area (TPSA) is 69.2 Å². The molecule has 0 aliphatic carbocycles. The lowest BCUT2D eigenvalue weighted by Crippen LogP contribution is -2.24. The van der Waals surface area contributed by atoms with Gasteiger partial charge in [0.25, 0.3) is 5.91 Å². The highest BCUT2D eigenvalue weighted by Gasteiger charge is 2.10. The Hall–Kier alpha value is -2.06. The van der Waals surface area contributed by atoms with E-state index in [0.29, 0.717) is 17.2 Å². The van der Waals surface area contributed by atoms with E-state index in [9.17, 15) is 4.79 Å². The third-order valence-electron chi connectivity index (χ3n) is 3.30. The van der Waals surface area contributed by atoms with Crippen molar-refractivity contribution in [3.05, 3.63) is 50.4 Å². The van der Waals surface area contributed by atoms with Crippen LogP contribution >= 0.6 is 31.9 Å². The molecule has 0 atom stereocenters. The molecule has 0 saturated carbocycles. The Morgan fingerprint density at radius 3 is 2.38 bits per heavy atom. The van der Waals surface area contributed by atoms with Crippen LogP contribution in [0.15, 0.2) is 44.4 Å². The molecule has 0 heterocycles. The van der Waals surface area contributed by atoms with Gasteiger partial charge in [-0.25, -0.2) is 5.43 Å². The molecular formula is C18H18Br2N2O4. The van der Waals surface area contributed by atoms with Gasteiger partial charge < -0.3 is 14.2 Å². The largest absolute Gasteiger partial charge is 0.493 e. The van der Waals surface area contributed by atoms with Crippen molar-refractivity contribution in [3.8, 4) is 17.2 Å². The van der Waals surface area contributed by atoms with Crippen molar-refractivity contribution in [2.75, 3.05) is 20.8 Å². The third kappa shape index (κ3) is 5.47. The molecule has 138 valence electrons. The van der Waals surface area contributed by atoms with Gasteiger partial charge in [0.1, 0.15) is 5.75 Å². The molecule has 0 spiro atoms. The molecule has 0 unspecified atom stereocenters. The quantitative estimate of drug-likeness (QED) is 0.474. The number of halogens is 2. The van der Waals surface area contributed by atoms with Crippen LogP contribution in [0.2, 0.25) is 0 Å². The first-order valence-corrected chi connectivity index (χ1v) is 9.15. The van der Waals surface area contributed by atoms with Gasteiger partial charge in [-0.2, -0.15) is 5.10 Å². The molecule has 0 aromatic heterocycles. The van der Waals surface area contributed by atoms with E-state index in [1.54, 1.807) is 32.4 Å². The molecule has 6 nitrogen and oxygen atoms in total. The Bertz CT molecular complexity index is 802. The predicted octanol–water partition coefficient (Wildman–Crippen LogP) is 4.07. The number of hydrazone groups is 1. The van der Waals surface area contributed by atoms with E-state index in [0.717, 1.165) is 20.1 Å². The van der Waals surface area contributed by atoms with E-state index < -0.39 is 0 Å². The first-order valence-electron chi connectivity index (χ1n) is 7.57. The van der Waals surface area contributed by atoms with Crippen molar-refractivity contribution >= 4 is 44.0 Å². The third-order valence-corrected chi connectivity index (χ3v) is 4.48. The van der Waals surface area contributed by atoms with Gasteiger partial charge in [0.2, 0.25) is 0 Å². The van der Waals surface area contributed by atoms with E-state index in [2.05, 4.69) is 42.4 Å². The van der Waals surface area contributed by atoms with Crippen LogP contribution in [0.4, 0.5) is 0 Å². The number of nitrogens with zero attached hydrogens (tertiary/aromatic N) is 1. The second-order valence-electron chi connectivity index (χ2n) is 5.25. The lowest BCUT2D eigenvalue weighted by Gasteiger charge is -2.10. The number of ether oxygens (including phenoxy) is 3. The fourth-order valence-electron chi connectivity index (χ4n) is 2.11. The molecule has 0 aliphatic rings. The highest BCUT2D eigenvalue weighted by molar-refractivity contribution is 9.11. The van der Waals surface area contributed by atoms with Gasteiger partial charge in [0, 0.05) is 0 Å². The summed E-state index contributed by atoms with van der Waals surface area (Å²) in [6.07, 6.45) is 1.51. The lowest BCUT2D eigenvalue weighted by molar-refractivity contribution is -0.123. The molecule has 0 aliphatic heterocycles. The van der Waals surface area contributed by atoms with Gasteiger partial charge >= 0.3 is 0 Å². The molecule has 2 aromatic carbocycles. The summed E-state index contributed by atoms with van der Waals surface area (Å²) in [6.45, 7) is 1.80. The van der Waals surface area contributed by atoms with Gasteiger partial charge in [-0.05, 0) is 80.2 Å². The number of carbonyl (C=O) groups is 1. The fraction of sp³-hybridized carbons (Fsp3) is 0.222. The zero-order chi connectivity index (χ0) is 19.1. The SMILES string of the molecule is COc1ccc(C=NNC(=O)COc2c(Br)cc(C)cc2Br)cc1OC. The Kier molecular flexibility index (Phi) is 7.47. The summed E-state index contributed by atoms with van der Waals surface area (Å²) >= 11 is 6.84. The second-order valence-corrected chi connectivity index (χ2v) is 6.96. The normalized spacial score (nSPS) is 10.7. The molecule has 8 heteroatoms. The number of hydrogen-bond acceptors (Lipinski definition) is 5. The van der Waals surface area contributed by atoms with E-state index in [1.165, 1.54) is 6.21 Å². The van der Waals surface area contributed by atoms with Crippen LogP contribution in [0.1, 0.15) is 11.1 Å². The summed E-state index contributed by atoms with van der Waals surface area (Å²) < 4.78 is 17.5. The molecule has 1 amide bonds. The summed E-state index contributed by atoms with van der Waals surface area (Å²) in [5.74, 6) is 1.40. The van der Waals surface area contributed by atoms with Gasteiger partial charge in [0.15, 0.2) is 18.1 Å². The molecule has 26 heavy (non-hydrogen) atoms. The number of hydrogen-bond donors (Lipinski definition) is 1. The van der Waals surface area contributed by atoms with Crippen molar-refractivity contribution in [1.82, 2.24) is 5.43 Å². The minimum atomic E-state index is -0.374. The summed E-state index contributed by atoms with van der Waals surface area (Å²) in [6, 6.07) is 9.14. The molecular weight excluding hydrogens is 468 g/mol. The summed E-state index contributed by atoms with van der Waals surface area (Å²) in [5.41, 5.74) is 4.25. The van der Waals surface area contributed by atoms with Crippen LogP contribution in [0.5, 0.6) is 17.2 Å². The molecule has 1 N–H and O–H groups in total. The summed E-state index contributed by atoms with van der Waals surface area (Å²) in [5, 5.41) is 3.92. The van der Waals surface area contributed by atoms with Gasteiger partial charge in [0.05, 0.1) is 29.4 Å². The van der Waals surface area contributed by atoms with Gasteiger partial charge in [-0.15, -0.1) is 0 Å². The van der Waals surface area contributed by atoms with Crippen molar-refractivity contribution in [2.45, 2.75) is 6.92 Å². The lowest BCUT2D eigenvalue weighted by atomic mass is 10.2. The number of methoxy groups -OCH3 is 2. The van der Waals surface area contributed by atoms with Crippen LogP contribution in [0.3, 0.4) is 0 Å². The number of benzene rings is 2. The van der Waals surface area contributed by atoms with Gasteiger partial charge in [-0.1, -0.05) is 0 Å². The van der Waals surface area contributed by atoms with E-state index >= 15 is 0 Å². The smallest absolute Gasteiger partial charge is 0.277 e. The summed E-state index contributed by atoms with van der Waals surface area (Å²) in [4.78, 5) is 11.9. The highest BCUT2D eigenvalue weighted by atomic mass is 79.9. The van der Waals surface area contributed by atoms with Gasteiger partial charge in [-0.3, -0.25) is 4.79 Å². The number of carbonyl (C=O) groups excluding carboxylic acids is 1. The maximum atomic E-state index is 11.9. The molecule has 0 fully saturated rings.